The zero-order chi connectivity index (χ0) is 28.2. The SMILES string of the molecule is COCC(=O)Nc1ccc(N2C(=S)N[C@@H](c3ccccn3)[C@H]2c2cccn2-c2cccc(C(=O)OC)c2)cc1Cl. The van der Waals surface area contributed by atoms with Crippen molar-refractivity contribution in [2.75, 3.05) is 31.0 Å². The van der Waals surface area contributed by atoms with Gasteiger partial charge < -0.3 is 29.6 Å². The molecule has 1 saturated heterocycles. The van der Waals surface area contributed by atoms with Crippen LogP contribution in [0.1, 0.15) is 33.8 Å². The van der Waals surface area contributed by atoms with Crippen LogP contribution in [0, 0.1) is 0 Å². The van der Waals surface area contributed by atoms with Crippen molar-refractivity contribution < 1.29 is 19.1 Å². The van der Waals surface area contributed by atoms with Crippen molar-refractivity contribution >= 4 is 52.2 Å². The monoisotopic (exact) mass is 575 g/mol. The van der Waals surface area contributed by atoms with Gasteiger partial charge in [-0.15, -0.1) is 0 Å². The Labute approximate surface area is 241 Å². The van der Waals surface area contributed by atoms with Crippen LogP contribution in [0.5, 0.6) is 0 Å². The second-order valence-corrected chi connectivity index (χ2v) is 9.78. The molecule has 2 aromatic heterocycles. The van der Waals surface area contributed by atoms with Crippen LogP contribution in [0.4, 0.5) is 11.4 Å². The number of esters is 1. The first-order valence-corrected chi connectivity index (χ1v) is 13.1. The van der Waals surface area contributed by atoms with Crippen LogP contribution < -0.4 is 15.5 Å². The Morgan fingerprint density at radius 2 is 1.90 bits per heavy atom. The molecular weight excluding hydrogens is 550 g/mol. The number of benzene rings is 2. The Hall–Kier alpha value is -4.25. The molecule has 1 amide bonds. The van der Waals surface area contributed by atoms with Crippen molar-refractivity contribution in [2.24, 2.45) is 0 Å². The average molecular weight is 576 g/mol. The van der Waals surface area contributed by atoms with Crippen LogP contribution in [-0.4, -0.2) is 47.4 Å². The zero-order valence-corrected chi connectivity index (χ0v) is 23.3. The van der Waals surface area contributed by atoms with Crippen molar-refractivity contribution in [1.82, 2.24) is 14.9 Å². The fraction of sp³-hybridized carbons (Fsp3) is 0.172. The van der Waals surface area contributed by atoms with Gasteiger partial charge in [0.05, 0.1) is 35.1 Å². The van der Waals surface area contributed by atoms with Crippen molar-refractivity contribution in [1.29, 1.82) is 0 Å². The minimum atomic E-state index is -0.417. The quantitative estimate of drug-likeness (QED) is 0.222. The molecule has 0 bridgehead atoms. The number of amides is 1. The maximum atomic E-state index is 12.2. The normalized spacial score (nSPS) is 16.5. The molecule has 0 spiro atoms. The highest BCUT2D eigenvalue weighted by atomic mass is 35.5. The molecule has 3 heterocycles. The number of aromatic nitrogens is 2. The van der Waals surface area contributed by atoms with Crippen molar-refractivity contribution in [2.45, 2.75) is 12.1 Å². The minimum Gasteiger partial charge on any atom is -0.465 e. The van der Waals surface area contributed by atoms with Gasteiger partial charge in [-0.1, -0.05) is 23.7 Å². The molecule has 5 rings (SSSR count). The summed E-state index contributed by atoms with van der Waals surface area (Å²) in [5.74, 6) is -0.727. The van der Waals surface area contributed by atoms with Gasteiger partial charge in [-0.25, -0.2) is 4.79 Å². The number of rotatable bonds is 8. The van der Waals surface area contributed by atoms with E-state index in [9.17, 15) is 9.59 Å². The highest BCUT2D eigenvalue weighted by Crippen LogP contribution is 2.43. The first-order valence-electron chi connectivity index (χ1n) is 12.4. The molecule has 9 nitrogen and oxygen atoms in total. The van der Waals surface area contributed by atoms with E-state index in [0.717, 1.165) is 22.8 Å². The molecule has 40 heavy (non-hydrogen) atoms. The van der Waals surface area contributed by atoms with Gasteiger partial charge in [0.1, 0.15) is 12.6 Å². The molecule has 1 aliphatic heterocycles. The van der Waals surface area contributed by atoms with Gasteiger partial charge in [0.15, 0.2) is 5.11 Å². The summed E-state index contributed by atoms with van der Waals surface area (Å²) in [6.07, 6.45) is 3.68. The lowest BCUT2D eigenvalue weighted by Gasteiger charge is -2.29. The summed E-state index contributed by atoms with van der Waals surface area (Å²) in [4.78, 5) is 30.9. The summed E-state index contributed by atoms with van der Waals surface area (Å²) in [7, 11) is 2.81. The summed E-state index contributed by atoms with van der Waals surface area (Å²) in [5, 5.41) is 7.03. The number of carbonyl (C=O) groups is 2. The van der Waals surface area contributed by atoms with Crippen LogP contribution in [-0.2, 0) is 14.3 Å². The number of methoxy groups -OCH3 is 2. The lowest BCUT2D eigenvalue weighted by molar-refractivity contribution is -0.119. The summed E-state index contributed by atoms with van der Waals surface area (Å²) < 4.78 is 11.8. The topological polar surface area (TPSA) is 97.7 Å². The van der Waals surface area contributed by atoms with Crippen LogP contribution in [0.3, 0.4) is 0 Å². The zero-order valence-electron chi connectivity index (χ0n) is 21.7. The summed E-state index contributed by atoms with van der Waals surface area (Å²) in [6, 6.07) is 21.6. The van der Waals surface area contributed by atoms with E-state index in [-0.39, 0.29) is 24.6 Å². The number of nitrogens with one attached hydrogen (secondary N) is 2. The first-order chi connectivity index (χ1) is 19.4. The maximum Gasteiger partial charge on any atom is 0.337 e. The predicted octanol–water partition coefficient (Wildman–Crippen LogP) is 5.07. The lowest BCUT2D eigenvalue weighted by Crippen LogP contribution is -2.30. The second kappa shape index (κ2) is 11.9. The van der Waals surface area contributed by atoms with Gasteiger partial charge in [0, 0.05) is 36.6 Å². The Morgan fingerprint density at radius 3 is 2.62 bits per heavy atom. The average Bonchev–Trinajstić information content (AvgIpc) is 3.58. The Balaban J connectivity index is 1.59. The van der Waals surface area contributed by atoms with E-state index in [4.69, 9.17) is 33.3 Å². The van der Waals surface area contributed by atoms with E-state index >= 15 is 0 Å². The predicted molar refractivity (Wildman–Crippen MR) is 157 cm³/mol. The van der Waals surface area contributed by atoms with Crippen molar-refractivity contribution in [3.63, 3.8) is 0 Å². The molecule has 2 N–H and O–H groups in total. The highest BCUT2D eigenvalue weighted by Gasteiger charge is 2.42. The third-order valence-corrected chi connectivity index (χ3v) is 7.13. The van der Waals surface area contributed by atoms with E-state index in [1.54, 1.807) is 30.5 Å². The molecule has 0 aliphatic carbocycles. The molecule has 2 atom stereocenters. The lowest BCUT2D eigenvalue weighted by atomic mass is 10.0. The fourth-order valence-electron chi connectivity index (χ4n) is 4.78. The summed E-state index contributed by atoms with van der Waals surface area (Å²) >= 11 is 12.5. The minimum absolute atomic E-state index is 0.0831. The highest BCUT2D eigenvalue weighted by molar-refractivity contribution is 7.80. The number of anilines is 2. The van der Waals surface area contributed by atoms with Crippen molar-refractivity contribution in [3.05, 3.63) is 107 Å². The van der Waals surface area contributed by atoms with Gasteiger partial charge in [-0.05, 0) is 72.9 Å². The number of hydrogen-bond donors (Lipinski definition) is 2. The fourth-order valence-corrected chi connectivity index (χ4v) is 5.34. The molecule has 204 valence electrons. The number of ether oxygens (including phenoxy) is 2. The van der Waals surface area contributed by atoms with Gasteiger partial charge in [-0.3, -0.25) is 9.78 Å². The molecule has 0 radical (unpaired) electrons. The van der Waals surface area contributed by atoms with E-state index in [2.05, 4.69) is 15.6 Å². The largest absolute Gasteiger partial charge is 0.465 e. The Bertz CT molecular complexity index is 1560. The molecule has 1 aliphatic rings. The summed E-state index contributed by atoms with van der Waals surface area (Å²) in [5.41, 5.74) is 4.13. The standard InChI is InChI=1S/C29H26ClN5O4S/c1-38-17-25(36)32-22-12-11-20(16-21(22)30)35-27(26(33-29(35)40)23-9-3-4-13-31-23)24-10-6-14-34(24)19-8-5-7-18(15-19)28(37)39-2/h3-16,26-27H,17H2,1-2H3,(H,32,36)(H,33,40)/t26-,27+/m0/s1. The number of pyridine rings is 1. The van der Waals surface area contributed by atoms with Crippen LogP contribution in [0.15, 0.2) is 85.2 Å². The number of nitrogens with zero attached hydrogens (tertiary/aromatic N) is 3. The number of hydrogen-bond acceptors (Lipinski definition) is 6. The molecule has 0 unspecified atom stereocenters. The molecule has 1 fully saturated rings. The van der Waals surface area contributed by atoms with Gasteiger partial charge in [0.2, 0.25) is 5.91 Å². The van der Waals surface area contributed by atoms with Gasteiger partial charge in [0.25, 0.3) is 0 Å². The number of halogens is 1. The second-order valence-electron chi connectivity index (χ2n) is 8.99. The first kappa shape index (κ1) is 27.3. The number of thiocarbonyl (C=S) groups is 1. The molecule has 2 aromatic carbocycles. The van der Waals surface area contributed by atoms with E-state index in [0.29, 0.717) is 21.4 Å². The van der Waals surface area contributed by atoms with Crippen LogP contribution >= 0.6 is 23.8 Å². The molecule has 4 aromatic rings. The molecular formula is C29H26ClN5O4S. The molecule has 11 heteroatoms. The summed E-state index contributed by atoms with van der Waals surface area (Å²) in [6.45, 7) is -0.0831. The van der Waals surface area contributed by atoms with E-state index in [1.165, 1.54) is 14.2 Å². The Morgan fingerprint density at radius 1 is 1.05 bits per heavy atom. The smallest absolute Gasteiger partial charge is 0.337 e. The van der Waals surface area contributed by atoms with Gasteiger partial charge >= 0.3 is 5.97 Å². The van der Waals surface area contributed by atoms with E-state index < -0.39 is 5.97 Å². The van der Waals surface area contributed by atoms with Crippen molar-refractivity contribution in [3.8, 4) is 5.69 Å². The third kappa shape index (κ3) is 5.42. The van der Waals surface area contributed by atoms with Gasteiger partial charge in [-0.2, -0.15) is 0 Å². The third-order valence-electron chi connectivity index (χ3n) is 6.51. The molecule has 0 saturated carbocycles. The maximum absolute atomic E-state index is 12.2. The number of carbonyl (C=O) groups excluding carboxylic acids is 2. The van der Waals surface area contributed by atoms with Crippen LogP contribution in [0.25, 0.3) is 5.69 Å². The van der Waals surface area contributed by atoms with E-state index in [1.807, 2.05) is 64.2 Å². The Kier molecular flexibility index (Phi) is 8.11. The van der Waals surface area contributed by atoms with Crippen LogP contribution in [0.2, 0.25) is 5.02 Å².